The summed E-state index contributed by atoms with van der Waals surface area (Å²) < 4.78 is 5.32. The van der Waals surface area contributed by atoms with Gasteiger partial charge in [-0.2, -0.15) is 5.26 Å². The van der Waals surface area contributed by atoms with Gasteiger partial charge in [-0.05, 0) is 51.2 Å². The predicted molar refractivity (Wildman–Crippen MR) is 87.3 cm³/mol. The summed E-state index contributed by atoms with van der Waals surface area (Å²) in [5, 5.41) is 18.6. The van der Waals surface area contributed by atoms with E-state index in [-0.39, 0.29) is 5.92 Å². The van der Waals surface area contributed by atoms with Crippen LogP contribution in [-0.2, 0) is 16.0 Å². The lowest BCUT2D eigenvalue weighted by molar-refractivity contribution is -0.142. The highest BCUT2D eigenvalue weighted by molar-refractivity contribution is 5.81. The first kappa shape index (κ1) is 17.8. The highest BCUT2D eigenvalue weighted by atomic mass is 16.6. The molecule has 0 saturated carbocycles. The lowest BCUT2D eigenvalue weighted by Gasteiger charge is -2.26. The molecule has 1 heterocycles. The highest BCUT2D eigenvalue weighted by Crippen LogP contribution is 2.29. The lowest BCUT2D eigenvalue weighted by Crippen LogP contribution is -2.43. The Morgan fingerprint density at radius 2 is 2.04 bits per heavy atom. The molecule has 0 bridgehead atoms. The van der Waals surface area contributed by atoms with Crippen LogP contribution in [0.4, 0.5) is 4.79 Å². The van der Waals surface area contributed by atoms with Crippen LogP contribution in [0.5, 0.6) is 0 Å². The third kappa shape index (κ3) is 4.25. The monoisotopic (exact) mass is 330 g/mol. The van der Waals surface area contributed by atoms with E-state index in [4.69, 9.17) is 4.74 Å². The second-order valence-electron chi connectivity index (χ2n) is 7.06. The second kappa shape index (κ2) is 6.91. The van der Waals surface area contributed by atoms with Crippen LogP contribution in [0.25, 0.3) is 0 Å². The number of carboxylic acid groups (broad SMARTS) is 1. The molecule has 128 valence electrons. The Morgan fingerprint density at radius 3 is 2.62 bits per heavy atom. The summed E-state index contributed by atoms with van der Waals surface area (Å²) in [7, 11) is 0. The van der Waals surface area contributed by atoms with E-state index in [1.165, 1.54) is 4.90 Å². The van der Waals surface area contributed by atoms with Crippen molar-refractivity contribution < 1.29 is 19.4 Å². The van der Waals surface area contributed by atoms with Crippen molar-refractivity contribution in [2.75, 3.05) is 6.54 Å². The molecule has 1 saturated heterocycles. The van der Waals surface area contributed by atoms with E-state index in [1.54, 1.807) is 32.9 Å². The normalized spacial score (nSPS) is 20.5. The van der Waals surface area contributed by atoms with Crippen LogP contribution < -0.4 is 0 Å². The average molecular weight is 330 g/mol. The Morgan fingerprint density at radius 1 is 1.38 bits per heavy atom. The molecule has 1 N–H and O–H groups in total. The summed E-state index contributed by atoms with van der Waals surface area (Å²) in [6.07, 6.45) is 0.312. The van der Waals surface area contributed by atoms with Gasteiger partial charge in [0.1, 0.15) is 11.6 Å². The Balaban J connectivity index is 2.14. The first-order valence-corrected chi connectivity index (χ1v) is 7.91. The minimum Gasteiger partial charge on any atom is -0.480 e. The van der Waals surface area contributed by atoms with E-state index in [0.29, 0.717) is 24.9 Å². The number of ether oxygens (including phenoxy) is 1. The van der Waals surface area contributed by atoms with Crippen LogP contribution in [0.1, 0.15) is 38.3 Å². The van der Waals surface area contributed by atoms with E-state index in [1.807, 2.05) is 12.1 Å². The van der Waals surface area contributed by atoms with Crippen LogP contribution in [0, 0.1) is 17.2 Å². The molecular formula is C18H22N2O4. The molecule has 1 aliphatic heterocycles. The summed E-state index contributed by atoms with van der Waals surface area (Å²) in [6, 6.07) is 8.51. The maximum atomic E-state index is 12.3. The number of nitriles is 1. The standard InChI is InChI=1S/C18H22N2O4/c1-18(2,3)24-17(23)20-11-12(9-15(20)16(21)22)8-13-6-4-5-7-14(13)10-19/h4-7,12,15H,8-9,11H2,1-3H3,(H,21,22). The minimum absolute atomic E-state index is 0.0203. The van der Waals surface area contributed by atoms with Crippen LogP contribution in [-0.4, -0.2) is 40.3 Å². The van der Waals surface area contributed by atoms with Crippen molar-refractivity contribution in [3.05, 3.63) is 35.4 Å². The van der Waals surface area contributed by atoms with Crippen molar-refractivity contribution in [1.29, 1.82) is 5.26 Å². The number of hydrogen-bond acceptors (Lipinski definition) is 4. The maximum Gasteiger partial charge on any atom is 0.411 e. The Hall–Kier alpha value is -2.55. The summed E-state index contributed by atoms with van der Waals surface area (Å²) in [5.41, 5.74) is 0.784. The topological polar surface area (TPSA) is 90.6 Å². The molecule has 1 amide bonds. The van der Waals surface area contributed by atoms with Crippen molar-refractivity contribution in [2.45, 2.75) is 45.3 Å². The van der Waals surface area contributed by atoms with Gasteiger partial charge in [0.15, 0.2) is 0 Å². The number of rotatable bonds is 3. The van der Waals surface area contributed by atoms with Crippen molar-refractivity contribution >= 4 is 12.1 Å². The molecule has 0 aromatic heterocycles. The van der Waals surface area contributed by atoms with Gasteiger partial charge in [-0.1, -0.05) is 18.2 Å². The largest absolute Gasteiger partial charge is 0.480 e. The van der Waals surface area contributed by atoms with E-state index >= 15 is 0 Å². The van der Waals surface area contributed by atoms with E-state index < -0.39 is 23.7 Å². The Bertz CT molecular complexity index is 672. The van der Waals surface area contributed by atoms with Gasteiger partial charge in [0.2, 0.25) is 0 Å². The van der Waals surface area contributed by atoms with Gasteiger partial charge < -0.3 is 9.84 Å². The van der Waals surface area contributed by atoms with E-state index in [2.05, 4.69) is 6.07 Å². The molecule has 6 nitrogen and oxygen atoms in total. The van der Waals surface area contributed by atoms with Crippen LogP contribution in [0.3, 0.4) is 0 Å². The average Bonchev–Trinajstić information content (AvgIpc) is 2.90. The number of likely N-dealkylation sites (tertiary alicyclic amines) is 1. The zero-order valence-corrected chi connectivity index (χ0v) is 14.2. The third-order valence-electron chi connectivity index (χ3n) is 3.95. The van der Waals surface area contributed by atoms with E-state index in [0.717, 1.165) is 5.56 Å². The van der Waals surface area contributed by atoms with Crippen molar-refractivity contribution in [1.82, 2.24) is 4.90 Å². The molecule has 0 spiro atoms. The second-order valence-corrected chi connectivity index (χ2v) is 7.06. The zero-order chi connectivity index (χ0) is 17.9. The van der Waals surface area contributed by atoms with Crippen LogP contribution in [0.2, 0.25) is 0 Å². The number of aliphatic carboxylic acids is 1. The molecular weight excluding hydrogens is 308 g/mol. The molecule has 2 unspecified atom stereocenters. The van der Waals surface area contributed by atoms with Gasteiger partial charge in [0, 0.05) is 6.54 Å². The molecule has 6 heteroatoms. The summed E-state index contributed by atoms with van der Waals surface area (Å²) in [5.74, 6) is -1.05. The minimum atomic E-state index is -1.03. The quantitative estimate of drug-likeness (QED) is 0.920. The van der Waals surface area contributed by atoms with Crippen LogP contribution >= 0.6 is 0 Å². The van der Waals surface area contributed by atoms with E-state index in [9.17, 15) is 20.0 Å². The Kier molecular flexibility index (Phi) is 5.13. The van der Waals surface area contributed by atoms with Gasteiger partial charge in [-0.3, -0.25) is 4.90 Å². The number of benzene rings is 1. The fraction of sp³-hybridized carbons (Fsp3) is 0.500. The first-order chi connectivity index (χ1) is 11.2. The molecule has 1 aliphatic rings. The Labute approximate surface area is 141 Å². The summed E-state index contributed by atoms with van der Waals surface area (Å²) in [4.78, 5) is 25.1. The molecule has 2 atom stereocenters. The predicted octanol–water partition coefficient (Wildman–Crippen LogP) is 2.81. The summed E-state index contributed by atoms with van der Waals surface area (Å²) >= 11 is 0. The molecule has 1 aromatic rings. The zero-order valence-electron chi connectivity index (χ0n) is 14.2. The molecule has 0 radical (unpaired) electrons. The molecule has 1 fully saturated rings. The smallest absolute Gasteiger partial charge is 0.411 e. The molecule has 0 aliphatic carbocycles. The van der Waals surface area contributed by atoms with Crippen molar-refractivity contribution in [3.63, 3.8) is 0 Å². The SMILES string of the molecule is CC(C)(C)OC(=O)N1CC(Cc2ccccc2C#N)CC1C(=O)O. The lowest BCUT2D eigenvalue weighted by atomic mass is 9.94. The number of amides is 1. The van der Waals surface area contributed by atoms with Gasteiger partial charge >= 0.3 is 12.1 Å². The van der Waals surface area contributed by atoms with Gasteiger partial charge in [-0.25, -0.2) is 9.59 Å². The van der Waals surface area contributed by atoms with Crippen molar-refractivity contribution in [3.8, 4) is 6.07 Å². The number of carboxylic acids is 1. The molecule has 24 heavy (non-hydrogen) atoms. The molecule has 2 rings (SSSR count). The van der Waals surface area contributed by atoms with Gasteiger partial charge in [-0.15, -0.1) is 0 Å². The number of carbonyl (C=O) groups is 2. The summed E-state index contributed by atoms with van der Waals surface area (Å²) in [6.45, 7) is 5.55. The maximum absolute atomic E-state index is 12.3. The number of hydrogen-bond donors (Lipinski definition) is 1. The fourth-order valence-electron chi connectivity index (χ4n) is 2.95. The van der Waals surface area contributed by atoms with Gasteiger partial charge in [0.25, 0.3) is 0 Å². The molecule has 1 aromatic carbocycles. The fourth-order valence-corrected chi connectivity index (χ4v) is 2.95. The third-order valence-corrected chi connectivity index (χ3v) is 3.95. The first-order valence-electron chi connectivity index (χ1n) is 7.91. The van der Waals surface area contributed by atoms with Gasteiger partial charge in [0.05, 0.1) is 11.6 Å². The number of carbonyl (C=O) groups excluding carboxylic acids is 1. The van der Waals surface area contributed by atoms with Crippen LogP contribution in [0.15, 0.2) is 24.3 Å². The van der Waals surface area contributed by atoms with Crippen molar-refractivity contribution in [2.24, 2.45) is 5.92 Å². The number of nitrogens with zero attached hydrogens (tertiary/aromatic N) is 2. The highest BCUT2D eigenvalue weighted by Gasteiger charge is 2.41.